The first-order valence-electron chi connectivity index (χ1n) is 10.2. The van der Waals surface area contributed by atoms with Gasteiger partial charge in [-0.15, -0.1) is 0 Å². The van der Waals surface area contributed by atoms with E-state index in [1.54, 1.807) is 54.6 Å². The zero-order valence-electron chi connectivity index (χ0n) is 18.3. The number of rotatable bonds is 7. The van der Waals surface area contributed by atoms with Crippen molar-refractivity contribution < 1.29 is 19.1 Å². The van der Waals surface area contributed by atoms with Gasteiger partial charge in [-0.05, 0) is 60.2 Å². The molecular weight excluding hydrogens is 527 g/mol. The maximum atomic E-state index is 13.0. The SMILES string of the molecule is COc1cc(/C=C2\SC(=S)N(c3ccc(Cl)cc3)C2=O)cc(Cl)c1OCC(=O)Nc1ccccc1. The van der Waals surface area contributed by atoms with Gasteiger partial charge in [0.2, 0.25) is 0 Å². The summed E-state index contributed by atoms with van der Waals surface area (Å²) in [6.45, 7) is -0.260. The van der Waals surface area contributed by atoms with E-state index in [4.69, 9.17) is 44.9 Å². The van der Waals surface area contributed by atoms with Crippen LogP contribution in [0.1, 0.15) is 5.56 Å². The van der Waals surface area contributed by atoms with Crippen molar-refractivity contribution in [2.24, 2.45) is 0 Å². The smallest absolute Gasteiger partial charge is 0.270 e. The third-order valence-electron chi connectivity index (χ3n) is 4.83. The van der Waals surface area contributed by atoms with E-state index < -0.39 is 0 Å². The van der Waals surface area contributed by atoms with Crippen molar-refractivity contribution >= 4 is 80.8 Å². The van der Waals surface area contributed by atoms with Crippen molar-refractivity contribution in [3.63, 3.8) is 0 Å². The van der Waals surface area contributed by atoms with Crippen LogP contribution in [0.4, 0.5) is 11.4 Å². The molecule has 1 heterocycles. The fourth-order valence-electron chi connectivity index (χ4n) is 3.25. The van der Waals surface area contributed by atoms with Crippen LogP contribution in [0.15, 0.2) is 71.6 Å². The van der Waals surface area contributed by atoms with Gasteiger partial charge >= 0.3 is 0 Å². The minimum Gasteiger partial charge on any atom is -0.493 e. The van der Waals surface area contributed by atoms with Crippen LogP contribution in [0.25, 0.3) is 6.08 Å². The van der Waals surface area contributed by atoms with Gasteiger partial charge < -0.3 is 14.8 Å². The molecule has 0 bridgehead atoms. The van der Waals surface area contributed by atoms with Crippen molar-refractivity contribution in [2.75, 3.05) is 23.9 Å². The lowest BCUT2D eigenvalue weighted by molar-refractivity contribution is -0.118. The minimum atomic E-state index is -0.343. The molecule has 1 aliphatic rings. The summed E-state index contributed by atoms with van der Waals surface area (Å²) in [6.07, 6.45) is 1.68. The molecule has 0 saturated carbocycles. The van der Waals surface area contributed by atoms with E-state index in [0.29, 0.717) is 36.9 Å². The van der Waals surface area contributed by atoms with Gasteiger partial charge in [0.25, 0.3) is 11.8 Å². The van der Waals surface area contributed by atoms with Crippen molar-refractivity contribution in [1.29, 1.82) is 0 Å². The Morgan fingerprint density at radius 1 is 1.11 bits per heavy atom. The molecule has 6 nitrogen and oxygen atoms in total. The average molecular weight is 545 g/mol. The number of amides is 2. The Morgan fingerprint density at radius 3 is 2.51 bits per heavy atom. The van der Waals surface area contributed by atoms with Gasteiger partial charge in [-0.3, -0.25) is 14.5 Å². The summed E-state index contributed by atoms with van der Waals surface area (Å²) >= 11 is 19.0. The number of halogens is 2. The molecule has 1 fully saturated rings. The number of carbonyl (C=O) groups is 2. The van der Waals surface area contributed by atoms with E-state index in [9.17, 15) is 9.59 Å². The van der Waals surface area contributed by atoms with E-state index >= 15 is 0 Å². The zero-order chi connectivity index (χ0) is 24.9. The van der Waals surface area contributed by atoms with Crippen LogP contribution in [-0.2, 0) is 9.59 Å². The van der Waals surface area contributed by atoms with Crippen LogP contribution >= 0.6 is 47.2 Å². The second kappa shape index (κ2) is 11.1. The quantitative estimate of drug-likeness (QED) is 0.273. The molecule has 3 aromatic carbocycles. The third-order valence-corrected chi connectivity index (χ3v) is 6.67. The number of benzene rings is 3. The van der Waals surface area contributed by atoms with Gasteiger partial charge in [-0.2, -0.15) is 0 Å². The molecule has 10 heteroatoms. The zero-order valence-corrected chi connectivity index (χ0v) is 21.4. The number of thiocarbonyl (C=S) groups is 1. The number of para-hydroxylation sites is 1. The molecule has 1 N–H and O–H groups in total. The molecule has 0 atom stereocenters. The average Bonchev–Trinajstić information content (AvgIpc) is 3.11. The van der Waals surface area contributed by atoms with E-state index in [1.807, 2.05) is 18.2 Å². The Kier molecular flexibility index (Phi) is 7.97. The molecular formula is C25H18Cl2N2O4S2. The molecule has 3 aromatic rings. The molecule has 178 valence electrons. The Labute approximate surface area is 221 Å². The van der Waals surface area contributed by atoms with Gasteiger partial charge in [0.1, 0.15) is 0 Å². The first-order valence-corrected chi connectivity index (χ1v) is 12.2. The number of methoxy groups -OCH3 is 1. The standard InChI is InChI=1S/C25H18Cl2N2O4S2/c1-32-20-12-15(11-19(27)23(20)33-14-22(30)28-17-5-3-2-4-6-17)13-21-24(31)29(25(34)35-21)18-9-7-16(26)8-10-18/h2-13H,14H2,1H3,(H,28,30)/b21-13-. The molecule has 4 rings (SSSR count). The summed E-state index contributed by atoms with van der Waals surface area (Å²) in [4.78, 5) is 27.1. The Balaban J connectivity index is 1.50. The van der Waals surface area contributed by atoms with Crippen molar-refractivity contribution in [2.45, 2.75) is 0 Å². The lowest BCUT2D eigenvalue weighted by Crippen LogP contribution is -2.27. The predicted octanol–water partition coefficient (Wildman–Crippen LogP) is 6.43. The van der Waals surface area contributed by atoms with Gasteiger partial charge in [0.15, 0.2) is 22.4 Å². The predicted molar refractivity (Wildman–Crippen MR) is 146 cm³/mol. The van der Waals surface area contributed by atoms with E-state index in [-0.39, 0.29) is 29.2 Å². The minimum absolute atomic E-state index is 0.225. The first kappa shape index (κ1) is 25.1. The molecule has 1 saturated heterocycles. The highest BCUT2D eigenvalue weighted by atomic mass is 35.5. The van der Waals surface area contributed by atoms with Crippen molar-refractivity contribution in [3.05, 3.63) is 87.2 Å². The van der Waals surface area contributed by atoms with Crippen LogP contribution in [0, 0.1) is 0 Å². The van der Waals surface area contributed by atoms with Gasteiger partial charge in [0, 0.05) is 10.7 Å². The van der Waals surface area contributed by atoms with E-state index in [1.165, 1.54) is 23.8 Å². The van der Waals surface area contributed by atoms with E-state index in [2.05, 4.69) is 5.32 Å². The highest BCUT2D eigenvalue weighted by molar-refractivity contribution is 8.27. The summed E-state index contributed by atoms with van der Waals surface area (Å²) < 4.78 is 11.5. The summed E-state index contributed by atoms with van der Waals surface area (Å²) in [5, 5.41) is 3.54. The van der Waals surface area contributed by atoms with Gasteiger partial charge in [-0.1, -0.05) is 65.4 Å². The molecule has 0 aromatic heterocycles. The highest BCUT2D eigenvalue weighted by Crippen LogP contribution is 2.40. The number of nitrogens with one attached hydrogen (secondary N) is 1. The van der Waals surface area contributed by atoms with Crippen LogP contribution < -0.4 is 19.7 Å². The number of carbonyl (C=O) groups excluding carboxylic acids is 2. The summed E-state index contributed by atoms with van der Waals surface area (Å²) in [5.41, 5.74) is 1.91. The number of hydrogen-bond acceptors (Lipinski definition) is 6. The summed E-state index contributed by atoms with van der Waals surface area (Å²) in [6, 6.07) is 19.2. The highest BCUT2D eigenvalue weighted by Gasteiger charge is 2.33. The Hall–Kier alpha value is -3.04. The number of anilines is 2. The van der Waals surface area contributed by atoms with Crippen molar-refractivity contribution in [1.82, 2.24) is 0 Å². The lowest BCUT2D eigenvalue weighted by Gasteiger charge is -2.14. The van der Waals surface area contributed by atoms with Crippen LogP contribution in [-0.4, -0.2) is 29.9 Å². The number of hydrogen-bond donors (Lipinski definition) is 1. The van der Waals surface area contributed by atoms with Gasteiger partial charge in [0.05, 0.1) is 22.7 Å². The third kappa shape index (κ3) is 5.97. The molecule has 2 amide bonds. The lowest BCUT2D eigenvalue weighted by atomic mass is 10.1. The summed E-state index contributed by atoms with van der Waals surface area (Å²) in [7, 11) is 1.46. The van der Waals surface area contributed by atoms with Crippen LogP contribution in [0.2, 0.25) is 10.0 Å². The fraction of sp³-hybridized carbons (Fsp3) is 0.0800. The maximum absolute atomic E-state index is 13.0. The second-order valence-corrected chi connectivity index (χ2v) is 9.75. The van der Waals surface area contributed by atoms with Crippen molar-refractivity contribution in [3.8, 4) is 11.5 Å². The molecule has 1 aliphatic heterocycles. The topological polar surface area (TPSA) is 67.9 Å². The Morgan fingerprint density at radius 2 is 1.83 bits per heavy atom. The second-order valence-electron chi connectivity index (χ2n) is 7.23. The fourth-order valence-corrected chi connectivity index (χ4v) is 4.95. The molecule has 35 heavy (non-hydrogen) atoms. The molecule has 0 radical (unpaired) electrons. The molecule has 0 spiro atoms. The molecule has 0 aliphatic carbocycles. The van der Waals surface area contributed by atoms with Crippen LogP contribution in [0.5, 0.6) is 11.5 Å². The van der Waals surface area contributed by atoms with Crippen LogP contribution in [0.3, 0.4) is 0 Å². The summed E-state index contributed by atoms with van der Waals surface area (Å²) in [5.74, 6) is -0.0488. The number of thioether (sulfide) groups is 1. The monoisotopic (exact) mass is 544 g/mol. The van der Waals surface area contributed by atoms with Gasteiger partial charge in [-0.25, -0.2) is 0 Å². The van der Waals surface area contributed by atoms with E-state index in [0.717, 1.165) is 0 Å². The molecule has 0 unspecified atom stereocenters. The maximum Gasteiger partial charge on any atom is 0.270 e. The first-order chi connectivity index (χ1) is 16.9. The Bertz CT molecular complexity index is 1320. The normalized spacial score (nSPS) is 14.4. The number of ether oxygens (including phenoxy) is 2. The largest absolute Gasteiger partial charge is 0.493 e. The number of nitrogens with zero attached hydrogens (tertiary/aromatic N) is 1.